The Hall–Kier alpha value is -2.71. The zero-order chi connectivity index (χ0) is 17.3. The van der Waals surface area contributed by atoms with Gasteiger partial charge in [0.25, 0.3) is 5.91 Å². The number of hydrogen-bond acceptors (Lipinski definition) is 7. The van der Waals surface area contributed by atoms with Crippen LogP contribution in [0, 0.1) is 6.92 Å². The van der Waals surface area contributed by atoms with E-state index in [1.807, 2.05) is 39.0 Å². The van der Waals surface area contributed by atoms with Gasteiger partial charge in [0.1, 0.15) is 17.7 Å². The Morgan fingerprint density at radius 1 is 1.29 bits per heavy atom. The van der Waals surface area contributed by atoms with Gasteiger partial charge in [0.15, 0.2) is 0 Å². The molecule has 0 saturated carbocycles. The summed E-state index contributed by atoms with van der Waals surface area (Å²) in [5.74, 6) is 2.41. The van der Waals surface area contributed by atoms with E-state index in [0.29, 0.717) is 24.3 Å². The van der Waals surface area contributed by atoms with E-state index >= 15 is 0 Å². The Labute approximate surface area is 140 Å². The molecule has 0 bridgehead atoms. The van der Waals surface area contributed by atoms with E-state index < -0.39 is 0 Å². The highest BCUT2D eigenvalue weighted by molar-refractivity contribution is 5.98. The molecule has 1 saturated heterocycles. The third-order valence-electron chi connectivity index (χ3n) is 3.95. The van der Waals surface area contributed by atoms with Crippen LogP contribution in [-0.4, -0.2) is 57.3 Å². The lowest BCUT2D eigenvalue weighted by Crippen LogP contribution is -2.48. The molecule has 1 aliphatic heterocycles. The van der Waals surface area contributed by atoms with E-state index in [1.54, 1.807) is 15.8 Å². The molecule has 0 radical (unpaired) electrons. The average molecular weight is 330 g/mol. The molecule has 1 amide bonds. The van der Waals surface area contributed by atoms with Gasteiger partial charge in [-0.3, -0.25) is 14.4 Å². The van der Waals surface area contributed by atoms with Crippen molar-refractivity contribution >= 4 is 23.6 Å². The number of aryl methyl sites for hydroxylation is 2. The van der Waals surface area contributed by atoms with Crippen LogP contribution < -0.4 is 15.1 Å². The summed E-state index contributed by atoms with van der Waals surface area (Å²) in [5.41, 5.74) is 0. The van der Waals surface area contributed by atoms with Crippen LogP contribution in [0.5, 0.6) is 0 Å². The van der Waals surface area contributed by atoms with Gasteiger partial charge in [-0.15, -0.1) is 0 Å². The van der Waals surface area contributed by atoms with Gasteiger partial charge in [-0.2, -0.15) is 20.1 Å². The highest BCUT2D eigenvalue weighted by Gasteiger charge is 2.31. The Bertz CT molecular complexity index is 741. The fraction of sp³-hybridized carbons (Fsp3) is 0.533. The monoisotopic (exact) mass is 330 g/mol. The van der Waals surface area contributed by atoms with Crippen molar-refractivity contribution in [3.05, 3.63) is 18.1 Å². The van der Waals surface area contributed by atoms with Crippen molar-refractivity contribution in [1.29, 1.82) is 0 Å². The average Bonchev–Trinajstić information content (AvgIpc) is 2.95. The predicted molar refractivity (Wildman–Crippen MR) is 91.1 cm³/mol. The van der Waals surface area contributed by atoms with Gasteiger partial charge in [-0.05, 0) is 19.8 Å². The number of anilines is 3. The van der Waals surface area contributed by atoms with E-state index in [1.165, 1.54) is 0 Å². The summed E-state index contributed by atoms with van der Waals surface area (Å²) < 4.78 is 1.71. The van der Waals surface area contributed by atoms with Crippen molar-refractivity contribution in [1.82, 2.24) is 24.7 Å². The number of carbonyl (C=O) groups excluding carboxylic acids is 1. The Balaban J connectivity index is 1.80. The van der Waals surface area contributed by atoms with Crippen LogP contribution in [0.3, 0.4) is 0 Å². The fourth-order valence-electron chi connectivity index (χ4n) is 2.76. The summed E-state index contributed by atoms with van der Waals surface area (Å²) in [5, 5.41) is 7.31. The number of rotatable bonds is 4. The van der Waals surface area contributed by atoms with Crippen molar-refractivity contribution in [2.24, 2.45) is 7.05 Å². The molecule has 24 heavy (non-hydrogen) atoms. The number of nitrogens with one attached hydrogen (secondary N) is 1. The molecule has 0 aromatic carbocycles. The minimum atomic E-state index is -0.356. The summed E-state index contributed by atoms with van der Waals surface area (Å²) in [7, 11) is 5.57. The van der Waals surface area contributed by atoms with Crippen LogP contribution in [0.1, 0.15) is 18.7 Å². The molecule has 1 atom stereocenters. The molecule has 9 nitrogen and oxygen atoms in total. The van der Waals surface area contributed by atoms with E-state index in [9.17, 15) is 4.79 Å². The molecule has 1 N–H and O–H groups in total. The first-order valence-electron chi connectivity index (χ1n) is 7.91. The smallest absolute Gasteiger partial charge is 0.250 e. The number of nitrogens with zero attached hydrogens (tertiary/aromatic N) is 7. The Morgan fingerprint density at radius 2 is 2.08 bits per heavy atom. The van der Waals surface area contributed by atoms with Gasteiger partial charge < -0.3 is 10.2 Å². The maximum Gasteiger partial charge on any atom is 0.250 e. The van der Waals surface area contributed by atoms with Crippen LogP contribution in [0.25, 0.3) is 0 Å². The first-order valence-corrected chi connectivity index (χ1v) is 7.91. The summed E-state index contributed by atoms with van der Waals surface area (Å²) >= 11 is 0. The lowest BCUT2D eigenvalue weighted by Gasteiger charge is -2.32. The standard InChI is InChI=1S/C15H22N8O/c1-10-17-14(20-15(18-10)21(2)3)19-11-6-5-9-23(13(11)24)12-7-8-16-22(12)4/h7-8,11H,5-6,9H2,1-4H3,(H,17,18,19,20). The molecule has 3 rings (SSSR count). The Morgan fingerprint density at radius 3 is 2.75 bits per heavy atom. The van der Waals surface area contributed by atoms with Crippen LogP contribution in [0.4, 0.5) is 17.7 Å². The van der Waals surface area contributed by atoms with Gasteiger partial charge in [-0.25, -0.2) is 0 Å². The molecule has 3 heterocycles. The minimum absolute atomic E-state index is 0.00863. The zero-order valence-corrected chi connectivity index (χ0v) is 14.4. The number of carbonyl (C=O) groups is 1. The second kappa shape index (κ2) is 6.42. The number of piperidine rings is 1. The van der Waals surface area contributed by atoms with Crippen molar-refractivity contribution < 1.29 is 4.79 Å². The summed E-state index contributed by atoms with van der Waals surface area (Å²) in [4.78, 5) is 29.3. The molecule has 1 unspecified atom stereocenters. The van der Waals surface area contributed by atoms with Crippen LogP contribution in [0.15, 0.2) is 12.3 Å². The first-order chi connectivity index (χ1) is 11.5. The lowest BCUT2D eigenvalue weighted by molar-refractivity contribution is -0.120. The van der Waals surface area contributed by atoms with Crippen LogP contribution in [-0.2, 0) is 11.8 Å². The SMILES string of the molecule is Cc1nc(NC2CCCN(c3ccnn3C)C2=O)nc(N(C)C)n1. The van der Waals surface area contributed by atoms with Gasteiger partial charge in [-0.1, -0.05) is 0 Å². The normalized spacial score (nSPS) is 17.9. The van der Waals surface area contributed by atoms with Crippen LogP contribution >= 0.6 is 0 Å². The molecule has 1 aliphatic rings. The number of hydrogen-bond donors (Lipinski definition) is 1. The van der Waals surface area contributed by atoms with E-state index in [0.717, 1.165) is 18.7 Å². The molecular formula is C15H22N8O. The van der Waals surface area contributed by atoms with Gasteiger partial charge in [0.05, 0.1) is 6.20 Å². The van der Waals surface area contributed by atoms with Crippen molar-refractivity contribution in [3.63, 3.8) is 0 Å². The van der Waals surface area contributed by atoms with Gasteiger partial charge in [0, 0.05) is 33.8 Å². The molecule has 0 aliphatic carbocycles. The quantitative estimate of drug-likeness (QED) is 0.877. The molecule has 9 heteroatoms. The highest BCUT2D eigenvalue weighted by atomic mass is 16.2. The Kier molecular flexibility index (Phi) is 4.32. The van der Waals surface area contributed by atoms with Crippen LogP contribution in [0.2, 0.25) is 0 Å². The largest absolute Gasteiger partial charge is 0.347 e. The number of amides is 1. The first kappa shape index (κ1) is 16.2. The molecule has 128 valence electrons. The van der Waals surface area contributed by atoms with E-state index in [-0.39, 0.29) is 11.9 Å². The third-order valence-corrected chi connectivity index (χ3v) is 3.95. The summed E-state index contributed by atoms with van der Waals surface area (Å²) in [6.07, 6.45) is 3.34. The predicted octanol–water partition coefficient (Wildman–Crippen LogP) is 0.587. The van der Waals surface area contributed by atoms with Gasteiger partial charge in [0.2, 0.25) is 11.9 Å². The number of aromatic nitrogens is 5. The molecular weight excluding hydrogens is 308 g/mol. The fourth-order valence-corrected chi connectivity index (χ4v) is 2.76. The van der Waals surface area contributed by atoms with E-state index in [2.05, 4.69) is 25.4 Å². The minimum Gasteiger partial charge on any atom is -0.347 e. The molecule has 2 aromatic heterocycles. The maximum absolute atomic E-state index is 12.8. The maximum atomic E-state index is 12.8. The molecule has 2 aromatic rings. The van der Waals surface area contributed by atoms with Gasteiger partial charge >= 0.3 is 0 Å². The third kappa shape index (κ3) is 3.15. The lowest BCUT2D eigenvalue weighted by atomic mass is 10.1. The zero-order valence-electron chi connectivity index (χ0n) is 14.4. The molecule has 0 spiro atoms. The van der Waals surface area contributed by atoms with Crippen molar-refractivity contribution in [2.75, 3.05) is 35.8 Å². The topological polar surface area (TPSA) is 92.1 Å². The van der Waals surface area contributed by atoms with Crippen molar-refractivity contribution in [3.8, 4) is 0 Å². The van der Waals surface area contributed by atoms with Crippen molar-refractivity contribution in [2.45, 2.75) is 25.8 Å². The second-order valence-corrected chi connectivity index (χ2v) is 6.04. The highest BCUT2D eigenvalue weighted by Crippen LogP contribution is 2.22. The summed E-state index contributed by atoms with van der Waals surface area (Å²) in [6.45, 7) is 2.50. The molecule has 1 fully saturated rings. The second-order valence-electron chi connectivity index (χ2n) is 6.04. The van der Waals surface area contributed by atoms with E-state index in [4.69, 9.17) is 0 Å². The summed E-state index contributed by atoms with van der Waals surface area (Å²) in [6, 6.07) is 1.49.